The SMILES string of the molecule is C=CC[C@@H]1C[C@H]1c1cncc(OC[C@@H]2CCN2)c1. The summed E-state index contributed by atoms with van der Waals surface area (Å²) in [5.74, 6) is 2.35. The summed E-state index contributed by atoms with van der Waals surface area (Å²) in [5.41, 5.74) is 1.32. The molecule has 1 aliphatic heterocycles. The molecule has 1 aromatic heterocycles. The van der Waals surface area contributed by atoms with Gasteiger partial charge in [-0.2, -0.15) is 0 Å². The second-order valence-electron chi connectivity index (χ2n) is 5.33. The van der Waals surface area contributed by atoms with Gasteiger partial charge in [0.2, 0.25) is 0 Å². The Morgan fingerprint density at radius 1 is 1.50 bits per heavy atom. The minimum Gasteiger partial charge on any atom is -0.490 e. The number of pyridine rings is 1. The number of hydrogen-bond donors (Lipinski definition) is 1. The highest BCUT2D eigenvalue weighted by Crippen LogP contribution is 2.49. The van der Waals surface area contributed by atoms with Gasteiger partial charge in [-0.05, 0) is 49.3 Å². The highest BCUT2D eigenvalue weighted by molar-refractivity contribution is 5.30. The first-order valence-electron chi connectivity index (χ1n) is 6.79. The monoisotopic (exact) mass is 244 g/mol. The van der Waals surface area contributed by atoms with Gasteiger partial charge in [0.15, 0.2) is 0 Å². The fraction of sp³-hybridized carbons (Fsp3) is 0.533. The summed E-state index contributed by atoms with van der Waals surface area (Å²) in [5, 5.41) is 3.33. The lowest BCUT2D eigenvalue weighted by molar-refractivity contribution is 0.217. The van der Waals surface area contributed by atoms with Crippen molar-refractivity contribution in [2.75, 3.05) is 13.2 Å². The summed E-state index contributed by atoms with van der Waals surface area (Å²) in [7, 11) is 0. The minimum atomic E-state index is 0.531. The molecule has 3 rings (SSSR count). The van der Waals surface area contributed by atoms with Crippen molar-refractivity contribution in [1.82, 2.24) is 10.3 Å². The van der Waals surface area contributed by atoms with Crippen LogP contribution in [-0.2, 0) is 0 Å². The van der Waals surface area contributed by atoms with E-state index < -0.39 is 0 Å². The molecule has 1 saturated carbocycles. The normalized spacial score (nSPS) is 29.4. The fourth-order valence-corrected chi connectivity index (χ4v) is 2.54. The average molecular weight is 244 g/mol. The number of nitrogens with zero attached hydrogens (tertiary/aromatic N) is 1. The van der Waals surface area contributed by atoms with E-state index in [1.165, 1.54) is 18.4 Å². The molecule has 1 N–H and O–H groups in total. The van der Waals surface area contributed by atoms with E-state index in [2.05, 4.69) is 22.9 Å². The Morgan fingerprint density at radius 3 is 3.11 bits per heavy atom. The first-order chi connectivity index (χ1) is 8.86. The number of aromatic nitrogens is 1. The maximum absolute atomic E-state index is 5.78. The predicted molar refractivity (Wildman–Crippen MR) is 71.8 cm³/mol. The van der Waals surface area contributed by atoms with Crippen LogP contribution in [0.3, 0.4) is 0 Å². The van der Waals surface area contributed by atoms with Crippen molar-refractivity contribution in [3.63, 3.8) is 0 Å². The number of ether oxygens (including phenoxy) is 1. The molecule has 1 aromatic rings. The molecule has 3 atom stereocenters. The molecule has 0 radical (unpaired) electrons. The van der Waals surface area contributed by atoms with Crippen molar-refractivity contribution in [1.29, 1.82) is 0 Å². The molecule has 2 aliphatic rings. The minimum absolute atomic E-state index is 0.531. The Morgan fingerprint density at radius 2 is 2.39 bits per heavy atom. The van der Waals surface area contributed by atoms with Crippen LogP contribution in [0.5, 0.6) is 5.75 Å². The smallest absolute Gasteiger partial charge is 0.137 e. The second kappa shape index (κ2) is 5.11. The maximum atomic E-state index is 5.78. The zero-order valence-corrected chi connectivity index (χ0v) is 10.6. The highest BCUT2D eigenvalue weighted by Gasteiger charge is 2.37. The zero-order valence-electron chi connectivity index (χ0n) is 10.6. The van der Waals surface area contributed by atoms with E-state index in [0.29, 0.717) is 12.0 Å². The van der Waals surface area contributed by atoms with Crippen LogP contribution in [0.25, 0.3) is 0 Å². The zero-order chi connectivity index (χ0) is 12.4. The summed E-state index contributed by atoms with van der Waals surface area (Å²) in [6.07, 6.45) is 9.40. The van der Waals surface area contributed by atoms with Gasteiger partial charge in [-0.1, -0.05) is 6.08 Å². The average Bonchev–Trinajstić information content (AvgIpc) is 3.07. The molecule has 0 bridgehead atoms. The molecular weight excluding hydrogens is 224 g/mol. The summed E-state index contributed by atoms with van der Waals surface area (Å²) in [4.78, 5) is 4.29. The number of nitrogens with one attached hydrogen (secondary N) is 1. The Bertz CT molecular complexity index is 428. The molecule has 2 fully saturated rings. The predicted octanol–water partition coefficient (Wildman–Crippen LogP) is 2.50. The van der Waals surface area contributed by atoms with Crippen LogP contribution in [0.15, 0.2) is 31.1 Å². The van der Waals surface area contributed by atoms with Crippen LogP contribution >= 0.6 is 0 Å². The standard InChI is InChI=1S/C15H20N2O/c1-2-3-11-7-15(11)12-6-14(9-16-8-12)18-10-13-4-5-17-13/h2,6,8-9,11,13,15,17H,1,3-5,7,10H2/t11-,13+,15-/m1/s1. The van der Waals surface area contributed by atoms with E-state index in [-0.39, 0.29) is 0 Å². The highest BCUT2D eigenvalue weighted by atomic mass is 16.5. The lowest BCUT2D eigenvalue weighted by Crippen LogP contribution is -2.46. The van der Waals surface area contributed by atoms with Gasteiger partial charge in [0.05, 0.1) is 6.20 Å². The van der Waals surface area contributed by atoms with Gasteiger partial charge in [0.1, 0.15) is 12.4 Å². The van der Waals surface area contributed by atoms with E-state index in [0.717, 1.165) is 31.2 Å². The van der Waals surface area contributed by atoms with Gasteiger partial charge in [0, 0.05) is 12.2 Å². The Hall–Kier alpha value is -1.35. The molecule has 96 valence electrons. The molecule has 0 amide bonds. The van der Waals surface area contributed by atoms with Crippen LogP contribution in [0.4, 0.5) is 0 Å². The first kappa shape index (κ1) is 11.7. The van der Waals surface area contributed by atoms with Gasteiger partial charge in [-0.15, -0.1) is 6.58 Å². The van der Waals surface area contributed by atoms with Crippen molar-refractivity contribution < 1.29 is 4.74 Å². The van der Waals surface area contributed by atoms with E-state index in [1.54, 1.807) is 0 Å². The molecule has 0 spiro atoms. The molecule has 1 saturated heterocycles. The Balaban J connectivity index is 1.57. The molecule has 2 heterocycles. The molecule has 0 aromatic carbocycles. The molecule has 3 heteroatoms. The number of allylic oxidation sites excluding steroid dienone is 1. The molecular formula is C15H20N2O. The molecule has 1 aliphatic carbocycles. The molecule has 18 heavy (non-hydrogen) atoms. The van der Waals surface area contributed by atoms with E-state index in [9.17, 15) is 0 Å². The van der Waals surface area contributed by atoms with Crippen LogP contribution in [0, 0.1) is 5.92 Å². The fourth-order valence-electron chi connectivity index (χ4n) is 2.54. The van der Waals surface area contributed by atoms with Gasteiger partial charge in [-0.25, -0.2) is 0 Å². The van der Waals surface area contributed by atoms with Gasteiger partial charge in [-0.3, -0.25) is 4.98 Å². The summed E-state index contributed by atoms with van der Waals surface area (Å²) in [6.45, 7) is 5.68. The summed E-state index contributed by atoms with van der Waals surface area (Å²) >= 11 is 0. The van der Waals surface area contributed by atoms with Crippen LogP contribution in [0.2, 0.25) is 0 Å². The van der Waals surface area contributed by atoms with Crippen molar-refractivity contribution in [3.8, 4) is 5.75 Å². The summed E-state index contributed by atoms with van der Waals surface area (Å²) < 4.78 is 5.78. The van der Waals surface area contributed by atoms with Crippen LogP contribution in [0.1, 0.15) is 30.7 Å². The molecule has 3 nitrogen and oxygen atoms in total. The third-order valence-corrected chi connectivity index (χ3v) is 3.93. The maximum Gasteiger partial charge on any atom is 0.137 e. The quantitative estimate of drug-likeness (QED) is 0.781. The van der Waals surface area contributed by atoms with E-state index in [1.807, 2.05) is 18.5 Å². The van der Waals surface area contributed by atoms with Crippen molar-refractivity contribution in [2.24, 2.45) is 5.92 Å². The number of rotatable bonds is 6. The third kappa shape index (κ3) is 2.56. The Labute approximate surface area is 108 Å². The lowest BCUT2D eigenvalue weighted by Gasteiger charge is -2.27. The second-order valence-corrected chi connectivity index (χ2v) is 5.33. The topological polar surface area (TPSA) is 34.1 Å². The lowest BCUT2D eigenvalue weighted by atomic mass is 10.1. The third-order valence-electron chi connectivity index (χ3n) is 3.93. The van der Waals surface area contributed by atoms with Crippen LogP contribution in [-0.4, -0.2) is 24.2 Å². The van der Waals surface area contributed by atoms with E-state index >= 15 is 0 Å². The van der Waals surface area contributed by atoms with Crippen molar-refractivity contribution in [2.45, 2.75) is 31.2 Å². The van der Waals surface area contributed by atoms with E-state index in [4.69, 9.17) is 4.74 Å². The Kier molecular flexibility index (Phi) is 3.33. The van der Waals surface area contributed by atoms with Crippen molar-refractivity contribution in [3.05, 3.63) is 36.7 Å². The van der Waals surface area contributed by atoms with Gasteiger partial charge in [0.25, 0.3) is 0 Å². The van der Waals surface area contributed by atoms with Gasteiger partial charge < -0.3 is 10.1 Å². The number of hydrogen-bond acceptors (Lipinski definition) is 3. The molecule has 0 unspecified atom stereocenters. The summed E-state index contributed by atoms with van der Waals surface area (Å²) in [6, 6.07) is 2.68. The van der Waals surface area contributed by atoms with Crippen LogP contribution < -0.4 is 10.1 Å². The van der Waals surface area contributed by atoms with Crippen molar-refractivity contribution >= 4 is 0 Å². The largest absolute Gasteiger partial charge is 0.490 e. The van der Waals surface area contributed by atoms with Gasteiger partial charge >= 0.3 is 0 Å². The first-order valence-corrected chi connectivity index (χ1v) is 6.79.